The fraction of sp³-hybridized carbons (Fsp3) is 0.400. The highest BCUT2D eigenvalue weighted by Gasteiger charge is 2.11. The molecule has 1 atom stereocenters. The van der Waals surface area contributed by atoms with Gasteiger partial charge in [0.25, 0.3) is 0 Å². The van der Waals surface area contributed by atoms with Crippen molar-refractivity contribution in [3.05, 3.63) is 22.9 Å². The molecule has 1 aromatic rings. The van der Waals surface area contributed by atoms with Crippen LogP contribution in [0.15, 0.2) is 27.8 Å². The molecular formula is C10H12BrNO2S. The molecule has 0 aliphatic carbocycles. The van der Waals surface area contributed by atoms with Crippen LogP contribution in [0, 0.1) is 0 Å². The third-order valence-corrected chi connectivity index (χ3v) is 3.82. The van der Waals surface area contributed by atoms with Crippen molar-refractivity contribution < 1.29 is 9.53 Å². The molecule has 0 bridgehead atoms. The smallest absolute Gasteiger partial charge is 0.306 e. The van der Waals surface area contributed by atoms with Crippen LogP contribution >= 0.6 is 27.7 Å². The van der Waals surface area contributed by atoms with Crippen LogP contribution in [0.2, 0.25) is 0 Å². The van der Waals surface area contributed by atoms with Crippen LogP contribution in [-0.4, -0.2) is 23.3 Å². The largest absolute Gasteiger partial charge is 0.469 e. The standard InChI is InChI=1S/C10H12BrNO2S/c1-7(5-10(13)14-2)15-9-3-4-12-6-8(9)11/h3-4,6-7H,5H2,1-2H3. The van der Waals surface area contributed by atoms with E-state index in [9.17, 15) is 4.79 Å². The second-order valence-electron chi connectivity index (χ2n) is 3.01. The van der Waals surface area contributed by atoms with Gasteiger partial charge in [-0.2, -0.15) is 0 Å². The maximum absolute atomic E-state index is 11.0. The molecule has 0 radical (unpaired) electrons. The number of rotatable bonds is 4. The van der Waals surface area contributed by atoms with Crippen LogP contribution in [0.3, 0.4) is 0 Å². The summed E-state index contributed by atoms with van der Waals surface area (Å²) in [7, 11) is 1.40. The molecule has 0 saturated heterocycles. The van der Waals surface area contributed by atoms with Gasteiger partial charge in [0.15, 0.2) is 0 Å². The van der Waals surface area contributed by atoms with Crippen molar-refractivity contribution in [2.24, 2.45) is 0 Å². The van der Waals surface area contributed by atoms with Gasteiger partial charge in [-0.3, -0.25) is 9.78 Å². The molecule has 15 heavy (non-hydrogen) atoms. The third kappa shape index (κ3) is 4.22. The molecule has 1 aromatic heterocycles. The van der Waals surface area contributed by atoms with Crippen molar-refractivity contribution in [1.82, 2.24) is 4.98 Å². The first-order valence-electron chi connectivity index (χ1n) is 4.46. The number of carbonyl (C=O) groups excluding carboxylic acids is 1. The summed E-state index contributed by atoms with van der Waals surface area (Å²) in [6.45, 7) is 1.99. The predicted molar refractivity (Wildman–Crippen MR) is 63.9 cm³/mol. The summed E-state index contributed by atoms with van der Waals surface area (Å²) in [5.41, 5.74) is 0. The second kappa shape index (κ2) is 6.12. The van der Waals surface area contributed by atoms with Crippen molar-refractivity contribution >= 4 is 33.7 Å². The topological polar surface area (TPSA) is 39.2 Å². The van der Waals surface area contributed by atoms with Crippen LogP contribution < -0.4 is 0 Å². The highest BCUT2D eigenvalue weighted by molar-refractivity contribution is 9.10. The minimum atomic E-state index is -0.180. The SMILES string of the molecule is COC(=O)CC(C)Sc1ccncc1Br. The molecule has 82 valence electrons. The van der Waals surface area contributed by atoms with Crippen LogP contribution in [0.1, 0.15) is 13.3 Å². The van der Waals surface area contributed by atoms with Gasteiger partial charge in [0.2, 0.25) is 0 Å². The van der Waals surface area contributed by atoms with Gasteiger partial charge < -0.3 is 4.74 Å². The van der Waals surface area contributed by atoms with Gasteiger partial charge in [-0.25, -0.2) is 0 Å². The third-order valence-electron chi connectivity index (χ3n) is 1.75. The van der Waals surface area contributed by atoms with E-state index in [1.807, 2.05) is 13.0 Å². The maximum atomic E-state index is 11.0. The normalized spacial score (nSPS) is 12.2. The molecule has 3 nitrogen and oxygen atoms in total. The lowest BCUT2D eigenvalue weighted by atomic mass is 10.3. The number of aromatic nitrogens is 1. The first-order chi connectivity index (χ1) is 7.13. The number of pyridine rings is 1. The average Bonchev–Trinajstić information content (AvgIpc) is 2.21. The minimum absolute atomic E-state index is 0.180. The fourth-order valence-electron chi connectivity index (χ4n) is 1.03. The van der Waals surface area contributed by atoms with E-state index in [1.54, 1.807) is 24.2 Å². The fourth-order valence-corrected chi connectivity index (χ4v) is 2.52. The molecule has 1 unspecified atom stereocenters. The first kappa shape index (κ1) is 12.5. The van der Waals surface area contributed by atoms with Crippen LogP contribution in [0.4, 0.5) is 0 Å². The van der Waals surface area contributed by atoms with Crippen molar-refractivity contribution in [3.63, 3.8) is 0 Å². The average molecular weight is 290 g/mol. The molecule has 0 fully saturated rings. The number of hydrogen-bond donors (Lipinski definition) is 0. The first-order valence-corrected chi connectivity index (χ1v) is 6.13. The molecule has 5 heteroatoms. The summed E-state index contributed by atoms with van der Waals surface area (Å²) < 4.78 is 5.56. The molecule has 0 N–H and O–H groups in total. The summed E-state index contributed by atoms with van der Waals surface area (Å²) in [6, 6.07) is 1.92. The molecule has 0 aliphatic rings. The number of halogens is 1. The number of carbonyl (C=O) groups is 1. The maximum Gasteiger partial charge on any atom is 0.306 e. The Hall–Kier alpha value is -0.550. The number of thioether (sulfide) groups is 1. The van der Waals surface area contributed by atoms with E-state index in [1.165, 1.54) is 7.11 Å². The van der Waals surface area contributed by atoms with Crippen LogP contribution in [0.25, 0.3) is 0 Å². The predicted octanol–water partition coefficient (Wildman–Crippen LogP) is 2.89. The number of esters is 1. The second-order valence-corrected chi connectivity index (χ2v) is 5.35. The van der Waals surface area contributed by atoms with E-state index in [-0.39, 0.29) is 11.2 Å². The van der Waals surface area contributed by atoms with Gasteiger partial charge in [0.05, 0.1) is 13.5 Å². The van der Waals surface area contributed by atoms with Gasteiger partial charge in [-0.05, 0) is 22.0 Å². The summed E-state index contributed by atoms with van der Waals surface area (Å²) >= 11 is 5.03. The Kier molecular flexibility index (Phi) is 5.11. The van der Waals surface area contributed by atoms with E-state index in [0.717, 1.165) is 9.37 Å². The molecular weight excluding hydrogens is 278 g/mol. The Labute approximate surface area is 102 Å². The summed E-state index contributed by atoms with van der Waals surface area (Å²) in [5, 5.41) is 0.191. The van der Waals surface area contributed by atoms with E-state index in [2.05, 4.69) is 25.7 Å². The number of methoxy groups -OCH3 is 1. The molecule has 1 rings (SSSR count). The van der Waals surface area contributed by atoms with E-state index >= 15 is 0 Å². The molecule has 0 spiro atoms. The van der Waals surface area contributed by atoms with Gasteiger partial charge in [-0.1, -0.05) is 6.92 Å². The number of hydrogen-bond acceptors (Lipinski definition) is 4. The molecule has 0 aliphatic heterocycles. The van der Waals surface area contributed by atoms with Gasteiger partial charge in [0, 0.05) is 27.0 Å². The monoisotopic (exact) mass is 289 g/mol. The Morgan fingerprint density at radius 3 is 3.07 bits per heavy atom. The van der Waals surface area contributed by atoms with Crippen molar-refractivity contribution in [3.8, 4) is 0 Å². The lowest BCUT2D eigenvalue weighted by Gasteiger charge is -2.10. The molecule has 1 heterocycles. The highest BCUT2D eigenvalue weighted by Crippen LogP contribution is 2.30. The Balaban J connectivity index is 2.55. The quantitative estimate of drug-likeness (QED) is 0.631. The molecule has 0 saturated carbocycles. The van der Waals surface area contributed by atoms with E-state index in [4.69, 9.17) is 0 Å². The Morgan fingerprint density at radius 2 is 2.47 bits per heavy atom. The Morgan fingerprint density at radius 1 is 1.73 bits per heavy atom. The van der Waals surface area contributed by atoms with Gasteiger partial charge >= 0.3 is 5.97 Å². The van der Waals surface area contributed by atoms with Crippen molar-refractivity contribution in [2.45, 2.75) is 23.5 Å². The summed E-state index contributed by atoms with van der Waals surface area (Å²) in [6.07, 6.45) is 3.89. The van der Waals surface area contributed by atoms with Crippen LogP contribution in [-0.2, 0) is 9.53 Å². The lowest BCUT2D eigenvalue weighted by Crippen LogP contribution is -2.08. The zero-order chi connectivity index (χ0) is 11.3. The lowest BCUT2D eigenvalue weighted by molar-refractivity contribution is -0.140. The van der Waals surface area contributed by atoms with Crippen molar-refractivity contribution in [1.29, 1.82) is 0 Å². The van der Waals surface area contributed by atoms with E-state index < -0.39 is 0 Å². The summed E-state index contributed by atoms with van der Waals surface area (Å²) in [5.74, 6) is -0.180. The minimum Gasteiger partial charge on any atom is -0.469 e. The van der Waals surface area contributed by atoms with Gasteiger partial charge in [-0.15, -0.1) is 11.8 Å². The van der Waals surface area contributed by atoms with E-state index in [0.29, 0.717) is 6.42 Å². The molecule has 0 amide bonds. The van der Waals surface area contributed by atoms with Crippen LogP contribution in [0.5, 0.6) is 0 Å². The summed E-state index contributed by atoms with van der Waals surface area (Å²) in [4.78, 5) is 16.1. The highest BCUT2D eigenvalue weighted by atomic mass is 79.9. The zero-order valence-electron chi connectivity index (χ0n) is 8.57. The zero-order valence-corrected chi connectivity index (χ0v) is 11.0. The van der Waals surface area contributed by atoms with Crippen molar-refractivity contribution in [2.75, 3.05) is 7.11 Å². The molecule has 0 aromatic carbocycles. The number of nitrogens with zero attached hydrogens (tertiary/aromatic N) is 1. The number of ether oxygens (including phenoxy) is 1. The van der Waals surface area contributed by atoms with Gasteiger partial charge in [0.1, 0.15) is 0 Å². The Bertz CT molecular complexity index is 346.